The second-order valence-electron chi connectivity index (χ2n) is 6.79. The van der Waals surface area contributed by atoms with Gasteiger partial charge in [0.15, 0.2) is 5.78 Å². The molecule has 3 aromatic rings. The molecule has 8 nitrogen and oxygen atoms in total. The van der Waals surface area contributed by atoms with E-state index in [0.29, 0.717) is 35.9 Å². The Morgan fingerprint density at radius 1 is 1.30 bits per heavy atom. The van der Waals surface area contributed by atoms with E-state index in [-0.39, 0.29) is 17.3 Å². The van der Waals surface area contributed by atoms with E-state index < -0.39 is 10.0 Å². The van der Waals surface area contributed by atoms with Gasteiger partial charge < -0.3 is 0 Å². The van der Waals surface area contributed by atoms with E-state index in [1.54, 1.807) is 35.1 Å². The first kappa shape index (κ1) is 21.0. The summed E-state index contributed by atoms with van der Waals surface area (Å²) < 4.78 is 27.6. The molecule has 0 aliphatic carbocycles. The highest BCUT2D eigenvalue weighted by molar-refractivity contribution is 7.99. The maximum absolute atomic E-state index is 12.7. The summed E-state index contributed by atoms with van der Waals surface area (Å²) in [5.74, 6) is 0.243. The van der Waals surface area contributed by atoms with Crippen molar-refractivity contribution in [1.82, 2.24) is 20.2 Å². The molecule has 1 aliphatic heterocycles. The van der Waals surface area contributed by atoms with Gasteiger partial charge in [0.1, 0.15) is 0 Å². The number of rotatable bonds is 9. The first-order chi connectivity index (χ1) is 14.5. The third kappa shape index (κ3) is 4.42. The molecule has 0 bridgehead atoms. The number of ketones is 1. The van der Waals surface area contributed by atoms with Gasteiger partial charge in [-0.25, -0.2) is 13.1 Å². The fourth-order valence-corrected chi connectivity index (χ4v) is 5.97. The zero-order chi connectivity index (χ0) is 21.1. The summed E-state index contributed by atoms with van der Waals surface area (Å²) in [5, 5.41) is 14.4. The lowest BCUT2D eigenvalue weighted by atomic mass is 10.1. The summed E-state index contributed by atoms with van der Waals surface area (Å²) in [4.78, 5) is 14.0. The fourth-order valence-electron chi connectivity index (χ4n) is 3.31. The molecule has 2 aromatic heterocycles. The van der Waals surface area contributed by atoms with Gasteiger partial charge in [0.25, 0.3) is 0 Å². The van der Waals surface area contributed by atoms with E-state index in [2.05, 4.69) is 21.6 Å². The smallest absolute Gasteiger partial charge is 0.234 e. The summed E-state index contributed by atoms with van der Waals surface area (Å²) in [7, 11) is -3.29. The maximum Gasteiger partial charge on any atom is 0.234 e. The third-order valence-electron chi connectivity index (χ3n) is 4.94. The van der Waals surface area contributed by atoms with E-state index in [0.717, 1.165) is 12.0 Å². The van der Waals surface area contributed by atoms with Gasteiger partial charge in [-0.3, -0.25) is 9.10 Å². The van der Waals surface area contributed by atoms with Crippen molar-refractivity contribution in [1.29, 1.82) is 0 Å². The molecule has 0 radical (unpaired) electrons. The van der Waals surface area contributed by atoms with Crippen LogP contribution in [0.1, 0.15) is 27.7 Å². The van der Waals surface area contributed by atoms with Crippen LogP contribution in [0.4, 0.5) is 5.69 Å². The van der Waals surface area contributed by atoms with E-state index >= 15 is 0 Å². The SMILES string of the molecule is CCS(=O)(=O)N1CCc2cc(C(=O)CSc3nnnn3CCc3cccs3)ccc21. The largest absolute Gasteiger partial charge is 0.293 e. The molecule has 1 aromatic carbocycles. The average molecular weight is 464 g/mol. The number of aromatic nitrogens is 4. The number of thioether (sulfide) groups is 1. The molecule has 3 heterocycles. The van der Waals surface area contributed by atoms with Crippen molar-refractivity contribution in [2.24, 2.45) is 0 Å². The number of tetrazole rings is 1. The molecule has 0 N–H and O–H groups in total. The highest BCUT2D eigenvalue weighted by Crippen LogP contribution is 2.31. The molecule has 0 atom stereocenters. The number of carbonyl (C=O) groups excluding carboxylic acids is 1. The Bertz CT molecular complexity index is 1140. The Balaban J connectivity index is 1.39. The van der Waals surface area contributed by atoms with Crippen LogP contribution in [0.25, 0.3) is 0 Å². The van der Waals surface area contributed by atoms with Gasteiger partial charge in [-0.1, -0.05) is 17.8 Å². The minimum absolute atomic E-state index is 0.0348. The zero-order valence-corrected chi connectivity index (χ0v) is 18.8. The number of sulfonamides is 1. The number of nitrogens with zero attached hydrogens (tertiary/aromatic N) is 5. The number of carbonyl (C=O) groups is 1. The van der Waals surface area contributed by atoms with Crippen LogP contribution >= 0.6 is 23.1 Å². The van der Waals surface area contributed by atoms with Crippen LogP contribution in [0.15, 0.2) is 40.9 Å². The van der Waals surface area contributed by atoms with E-state index in [9.17, 15) is 13.2 Å². The Morgan fingerprint density at radius 2 is 2.17 bits per heavy atom. The summed E-state index contributed by atoms with van der Waals surface area (Å²) in [6.45, 7) is 2.72. The van der Waals surface area contributed by atoms with Crippen LogP contribution in [0.2, 0.25) is 0 Å². The van der Waals surface area contributed by atoms with Gasteiger partial charge in [-0.2, -0.15) is 0 Å². The summed E-state index contributed by atoms with van der Waals surface area (Å²) in [6, 6.07) is 9.33. The van der Waals surface area contributed by atoms with Crippen molar-refractivity contribution in [3.8, 4) is 0 Å². The highest BCUT2D eigenvalue weighted by Gasteiger charge is 2.28. The summed E-state index contributed by atoms with van der Waals surface area (Å²) >= 11 is 3.00. The molecule has 0 unspecified atom stereocenters. The predicted octanol–water partition coefficient (Wildman–Crippen LogP) is 2.66. The zero-order valence-electron chi connectivity index (χ0n) is 16.4. The van der Waals surface area contributed by atoms with Crippen molar-refractivity contribution < 1.29 is 13.2 Å². The van der Waals surface area contributed by atoms with Gasteiger partial charge >= 0.3 is 0 Å². The molecule has 0 fully saturated rings. The number of benzene rings is 1. The van der Waals surface area contributed by atoms with E-state index in [1.807, 2.05) is 17.5 Å². The Morgan fingerprint density at radius 3 is 2.93 bits per heavy atom. The van der Waals surface area contributed by atoms with Gasteiger partial charge in [-0.15, -0.1) is 16.4 Å². The molecular weight excluding hydrogens is 442 g/mol. The normalized spacial score (nSPS) is 13.6. The maximum atomic E-state index is 12.7. The molecule has 30 heavy (non-hydrogen) atoms. The number of anilines is 1. The lowest BCUT2D eigenvalue weighted by Gasteiger charge is -2.18. The standard InChI is InChI=1S/C19H21N5O3S3/c1-2-30(26,27)24-10-7-14-12-15(5-6-17(14)24)18(25)13-29-19-20-21-22-23(19)9-8-16-4-3-11-28-16/h3-6,11-12H,2,7-10,13H2,1H3. The van der Waals surface area contributed by atoms with Crippen LogP contribution in [0, 0.1) is 0 Å². The number of fused-ring (bicyclic) bond motifs is 1. The fraction of sp³-hybridized carbons (Fsp3) is 0.368. The van der Waals surface area contributed by atoms with Gasteiger partial charge in [-0.05, 0) is 59.0 Å². The quantitative estimate of drug-likeness (QED) is 0.355. The van der Waals surface area contributed by atoms with Crippen LogP contribution in [0.5, 0.6) is 0 Å². The number of thiophene rings is 1. The summed E-state index contributed by atoms with van der Waals surface area (Å²) in [6.07, 6.45) is 1.45. The van der Waals surface area contributed by atoms with Gasteiger partial charge in [0, 0.05) is 23.4 Å². The average Bonchev–Trinajstić information content (AvgIpc) is 3.50. The van der Waals surface area contributed by atoms with Gasteiger partial charge in [0.05, 0.1) is 23.7 Å². The minimum atomic E-state index is -3.29. The lowest BCUT2D eigenvalue weighted by molar-refractivity contribution is 0.102. The molecule has 0 saturated carbocycles. The van der Waals surface area contributed by atoms with Crippen LogP contribution in [-0.2, 0) is 29.4 Å². The van der Waals surface area contributed by atoms with Crippen LogP contribution in [0.3, 0.4) is 0 Å². The third-order valence-corrected chi connectivity index (χ3v) is 8.61. The molecule has 158 valence electrons. The van der Waals surface area contributed by atoms with Crippen molar-refractivity contribution in [3.63, 3.8) is 0 Å². The van der Waals surface area contributed by atoms with Crippen molar-refractivity contribution in [2.45, 2.75) is 31.5 Å². The molecule has 0 saturated heterocycles. The number of aryl methyl sites for hydroxylation is 2. The second kappa shape index (κ2) is 8.86. The molecule has 1 aliphatic rings. The number of hydrogen-bond donors (Lipinski definition) is 0. The molecule has 0 amide bonds. The molecule has 0 spiro atoms. The predicted molar refractivity (Wildman–Crippen MR) is 118 cm³/mol. The Hall–Kier alpha value is -2.24. The second-order valence-corrected chi connectivity index (χ2v) is 10.9. The monoisotopic (exact) mass is 463 g/mol. The lowest BCUT2D eigenvalue weighted by Crippen LogP contribution is -2.30. The molecular formula is C19H21N5O3S3. The first-order valence-electron chi connectivity index (χ1n) is 9.56. The van der Waals surface area contributed by atoms with Gasteiger partial charge in [0.2, 0.25) is 15.2 Å². The minimum Gasteiger partial charge on any atom is -0.293 e. The Kier molecular flexibility index (Phi) is 6.21. The Labute approximate surface area is 183 Å². The van der Waals surface area contributed by atoms with Crippen LogP contribution in [-0.4, -0.2) is 52.5 Å². The van der Waals surface area contributed by atoms with Crippen molar-refractivity contribution >= 4 is 44.6 Å². The summed E-state index contributed by atoms with van der Waals surface area (Å²) in [5.41, 5.74) is 2.15. The van der Waals surface area contributed by atoms with E-state index in [1.165, 1.54) is 20.9 Å². The van der Waals surface area contributed by atoms with E-state index in [4.69, 9.17) is 0 Å². The van der Waals surface area contributed by atoms with Crippen LogP contribution < -0.4 is 4.31 Å². The topological polar surface area (TPSA) is 98.1 Å². The van der Waals surface area contributed by atoms with Crippen molar-refractivity contribution in [2.75, 3.05) is 22.4 Å². The van der Waals surface area contributed by atoms with Crippen molar-refractivity contribution in [3.05, 3.63) is 51.7 Å². The number of hydrogen-bond acceptors (Lipinski definition) is 8. The number of Topliss-reactive ketones (excluding diaryl/α,β-unsaturated/α-hetero) is 1. The highest BCUT2D eigenvalue weighted by atomic mass is 32.2. The first-order valence-corrected chi connectivity index (χ1v) is 13.0. The molecule has 11 heteroatoms. The molecule has 4 rings (SSSR count).